The van der Waals surface area contributed by atoms with Gasteiger partial charge in [-0.3, -0.25) is 0 Å². The Bertz CT molecular complexity index is 738. The Balaban J connectivity index is 2.28. The molecule has 4 heteroatoms. The van der Waals surface area contributed by atoms with Crippen molar-refractivity contribution < 1.29 is 14.6 Å². The van der Waals surface area contributed by atoms with Gasteiger partial charge < -0.3 is 9.84 Å². The molecule has 0 aliphatic rings. The Morgan fingerprint density at radius 2 is 1.83 bits per heavy atom. The smallest absolute Gasteiger partial charge is 0.345 e. The third kappa shape index (κ3) is 4.26. The largest absolute Gasteiger partial charge is 0.478 e. The summed E-state index contributed by atoms with van der Waals surface area (Å²) in [6, 6.07) is 9.39. The van der Waals surface area contributed by atoms with Crippen LogP contribution in [-0.2, 0) is 11.2 Å². The lowest BCUT2D eigenvalue weighted by atomic mass is 10.0. The van der Waals surface area contributed by atoms with Crippen LogP contribution in [0.5, 0.6) is 5.75 Å². The van der Waals surface area contributed by atoms with Gasteiger partial charge in [0, 0.05) is 11.4 Å². The predicted octanol–water partition coefficient (Wildman–Crippen LogP) is 4.65. The summed E-state index contributed by atoms with van der Waals surface area (Å²) in [4.78, 5) is 11.6. The van der Waals surface area contributed by atoms with E-state index in [1.54, 1.807) is 6.07 Å². The van der Waals surface area contributed by atoms with Gasteiger partial charge in [-0.2, -0.15) is 0 Å². The lowest BCUT2D eigenvalue weighted by molar-refractivity contribution is -0.145. The molecule has 0 heterocycles. The summed E-state index contributed by atoms with van der Waals surface area (Å²) in [6.45, 7) is 7.82. The number of hydrogen-bond donors (Lipinski definition) is 1. The van der Waals surface area contributed by atoms with Gasteiger partial charge in [-0.25, -0.2) is 4.79 Å². The molecule has 0 bridgehead atoms. The van der Waals surface area contributed by atoms with Gasteiger partial charge in [-0.15, -0.1) is 0 Å². The van der Waals surface area contributed by atoms with Crippen molar-refractivity contribution in [2.24, 2.45) is 0 Å². The number of ether oxygens (including phenoxy) is 1. The number of hydrogen-bond acceptors (Lipinski definition) is 2. The number of aryl methyl sites for hydroxylation is 3. The van der Waals surface area contributed by atoms with E-state index < -0.39 is 12.1 Å². The molecule has 0 radical (unpaired) electrons. The summed E-state index contributed by atoms with van der Waals surface area (Å²) in [7, 11) is 0. The second-order valence-corrected chi connectivity index (χ2v) is 6.36. The highest BCUT2D eigenvalue weighted by Crippen LogP contribution is 2.26. The van der Waals surface area contributed by atoms with E-state index in [-0.39, 0.29) is 0 Å². The van der Waals surface area contributed by atoms with Crippen LogP contribution in [0.15, 0.2) is 30.3 Å². The molecule has 0 aliphatic carbocycles. The summed E-state index contributed by atoms with van der Waals surface area (Å²) in [6.07, 6.45) is -0.639. The van der Waals surface area contributed by atoms with E-state index in [2.05, 4.69) is 6.07 Å². The third-order valence-electron chi connectivity index (χ3n) is 4.02. The topological polar surface area (TPSA) is 46.5 Å². The molecule has 2 rings (SSSR count). The maximum absolute atomic E-state index is 11.6. The molecule has 0 unspecified atom stereocenters. The Morgan fingerprint density at radius 3 is 2.43 bits per heavy atom. The minimum Gasteiger partial charge on any atom is -0.478 e. The monoisotopic (exact) mass is 332 g/mol. The van der Waals surface area contributed by atoms with Gasteiger partial charge in [0.05, 0.1) is 0 Å². The highest BCUT2D eigenvalue weighted by atomic mass is 35.5. The van der Waals surface area contributed by atoms with E-state index in [1.807, 2.05) is 45.9 Å². The highest BCUT2D eigenvalue weighted by Gasteiger charge is 2.22. The fourth-order valence-electron chi connectivity index (χ4n) is 2.54. The minimum atomic E-state index is -0.974. The predicted molar refractivity (Wildman–Crippen MR) is 92.6 cm³/mol. The van der Waals surface area contributed by atoms with Crippen molar-refractivity contribution in [1.82, 2.24) is 0 Å². The quantitative estimate of drug-likeness (QED) is 0.867. The average Bonchev–Trinajstić information content (AvgIpc) is 2.45. The van der Waals surface area contributed by atoms with Crippen LogP contribution in [-0.4, -0.2) is 17.2 Å². The van der Waals surface area contributed by atoms with Crippen molar-refractivity contribution in [2.45, 2.75) is 40.2 Å². The molecule has 0 spiro atoms. The van der Waals surface area contributed by atoms with Crippen molar-refractivity contribution >= 4 is 17.6 Å². The average molecular weight is 333 g/mol. The van der Waals surface area contributed by atoms with Gasteiger partial charge in [0.25, 0.3) is 0 Å². The standard InChI is InChI=1S/C19H21ClO3/c1-11-7-12(2)14(4)17(8-11)23-18(19(21)22)10-15-5-6-16(20)9-13(15)3/h5-9,18H,10H2,1-4H3,(H,21,22)/t18-/m0/s1. The number of aliphatic carboxylic acids is 1. The highest BCUT2D eigenvalue weighted by molar-refractivity contribution is 6.30. The normalized spacial score (nSPS) is 12.0. The molecule has 3 nitrogen and oxygen atoms in total. The van der Waals surface area contributed by atoms with Crippen molar-refractivity contribution in [3.05, 3.63) is 63.2 Å². The van der Waals surface area contributed by atoms with Gasteiger partial charge in [-0.05, 0) is 73.7 Å². The first-order chi connectivity index (χ1) is 10.8. The molecular formula is C19H21ClO3. The second-order valence-electron chi connectivity index (χ2n) is 5.92. The molecule has 1 atom stereocenters. The molecule has 0 amide bonds. The van der Waals surface area contributed by atoms with Gasteiger partial charge in [0.15, 0.2) is 6.10 Å². The van der Waals surface area contributed by atoms with Crippen molar-refractivity contribution in [3.63, 3.8) is 0 Å². The van der Waals surface area contributed by atoms with E-state index in [1.165, 1.54) is 0 Å². The SMILES string of the molecule is Cc1cc(C)c(C)c(O[C@@H](Cc2ccc(Cl)cc2C)C(=O)O)c1. The first kappa shape index (κ1) is 17.4. The molecule has 0 saturated carbocycles. The van der Waals surface area contributed by atoms with E-state index in [9.17, 15) is 9.90 Å². The molecule has 0 aromatic heterocycles. The van der Waals surface area contributed by atoms with Crippen LogP contribution in [0.25, 0.3) is 0 Å². The number of benzene rings is 2. The number of carboxylic acid groups (broad SMARTS) is 1. The van der Waals surface area contributed by atoms with Gasteiger partial charge in [0.2, 0.25) is 0 Å². The Labute approximate surface area is 141 Å². The zero-order valence-corrected chi connectivity index (χ0v) is 14.6. The lowest BCUT2D eigenvalue weighted by Gasteiger charge is -2.19. The molecular weight excluding hydrogens is 312 g/mol. The van der Waals surface area contributed by atoms with Crippen LogP contribution in [0.4, 0.5) is 0 Å². The number of carboxylic acids is 1. The fourth-order valence-corrected chi connectivity index (χ4v) is 2.77. The van der Waals surface area contributed by atoms with Gasteiger partial charge in [-0.1, -0.05) is 23.7 Å². The minimum absolute atomic E-state index is 0.296. The van der Waals surface area contributed by atoms with Gasteiger partial charge in [0.1, 0.15) is 5.75 Å². The molecule has 2 aromatic rings. The van der Waals surface area contributed by atoms with Crippen LogP contribution < -0.4 is 4.74 Å². The van der Waals surface area contributed by atoms with E-state index >= 15 is 0 Å². The van der Waals surface area contributed by atoms with Crippen molar-refractivity contribution in [1.29, 1.82) is 0 Å². The summed E-state index contributed by atoms with van der Waals surface area (Å²) in [5.74, 6) is -0.348. The van der Waals surface area contributed by atoms with Crippen molar-refractivity contribution in [2.75, 3.05) is 0 Å². The molecule has 122 valence electrons. The molecule has 23 heavy (non-hydrogen) atoms. The molecule has 0 fully saturated rings. The van der Waals surface area contributed by atoms with Gasteiger partial charge >= 0.3 is 5.97 Å². The van der Waals surface area contributed by atoms with Crippen LogP contribution in [0.1, 0.15) is 27.8 Å². The molecule has 1 N–H and O–H groups in total. The third-order valence-corrected chi connectivity index (χ3v) is 4.25. The maximum Gasteiger partial charge on any atom is 0.345 e. The Hall–Kier alpha value is -2.00. The Morgan fingerprint density at radius 1 is 1.13 bits per heavy atom. The first-order valence-corrected chi connectivity index (χ1v) is 7.88. The van der Waals surface area contributed by atoms with Crippen LogP contribution in [0.3, 0.4) is 0 Å². The zero-order valence-electron chi connectivity index (χ0n) is 13.8. The number of carbonyl (C=O) groups is 1. The summed E-state index contributed by atoms with van der Waals surface area (Å²) in [5, 5.41) is 10.2. The fraction of sp³-hybridized carbons (Fsp3) is 0.316. The van der Waals surface area contributed by atoms with E-state index in [0.717, 1.165) is 27.8 Å². The molecule has 0 aliphatic heterocycles. The zero-order chi connectivity index (χ0) is 17.1. The molecule has 2 aromatic carbocycles. The van der Waals surface area contributed by atoms with E-state index in [4.69, 9.17) is 16.3 Å². The van der Waals surface area contributed by atoms with Crippen LogP contribution in [0, 0.1) is 27.7 Å². The van der Waals surface area contributed by atoms with E-state index in [0.29, 0.717) is 17.2 Å². The Kier molecular flexibility index (Phi) is 5.32. The number of rotatable bonds is 5. The number of halogens is 1. The van der Waals surface area contributed by atoms with Crippen LogP contribution >= 0.6 is 11.6 Å². The first-order valence-electron chi connectivity index (χ1n) is 7.50. The van der Waals surface area contributed by atoms with Crippen molar-refractivity contribution in [3.8, 4) is 5.75 Å². The second kappa shape index (κ2) is 7.05. The summed E-state index contributed by atoms with van der Waals surface area (Å²) in [5.41, 5.74) is 4.99. The molecule has 0 saturated heterocycles. The lowest BCUT2D eigenvalue weighted by Crippen LogP contribution is -2.30. The maximum atomic E-state index is 11.6. The summed E-state index contributed by atoms with van der Waals surface area (Å²) < 4.78 is 5.82. The summed E-state index contributed by atoms with van der Waals surface area (Å²) >= 11 is 5.95. The van der Waals surface area contributed by atoms with Crippen LogP contribution in [0.2, 0.25) is 5.02 Å².